The maximum atomic E-state index is 13.4. The highest BCUT2D eigenvalue weighted by Crippen LogP contribution is 2.28. The molecule has 0 bridgehead atoms. The lowest BCUT2D eigenvalue weighted by Crippen LogP contribution is -2.25. The molecule has 0 aliphatic rings. The van der Waals surface area contributed by atoms with Crippen LogP contribution in [0.1, 0.15) is 24.5 Å². The molecule has 2 aromatic carbocycles. The molecule has 0 spiro atoms. The number of hydrogen-bond donors (Lipinski definition) is 1. The zero-order chi connectivity index (χ0) is 20.7. The zero-order valence-electron chi connectivity index (χ0n) is 16.4. The Hall–Kier alpha value is -3.13. The molecule has 0 radical (unpaired) electrons. The van der Waals surface area contributed by atoms with Crippen molar-refractivity contribution in [1.29, 1.82) is 0 Å². The van der Waals surface area contributed by atoms with Crippen LogP contribution in [0, 0.1) is 13.8 Å². The molecule has 8 heteroatoms. The Morgan fingerprint density at radius 1 is 1.17 bits per heavy atom. The predicted molar refractivity (Wildman–Crippen MR) is 115 cm³/mol. The van der Waals surface area contributed by atoms with Gasteiger partial charge in [-0.15, -0.1) is 10.2 Å². The first-order valence-corrected chi connectivity index (χ1v) is 10.2. The fourth-order valence-corrected chi connectivity index (χ4v) is 4.41. The Kier molecular flexibility index (Phi) is 4.87. The molecule has 7 nitrogen and oxygen atoms in total. The van der Waals surface area contributed by atoms with Crippen LogP contribution in [0.4, 0.5) is 0 Å². The van der Waals surface area contributed by atoms with E-state index in [0.29, 0.717) is 28.3 Å². The van der Waals surface area contributed by atoms with Gasteiger partial charge in [0.2, 0.25) is 11.7 Å². The van der Waals surface area contributed by atoms with Crippen LogP contribution >= 0.6 is 11.8 Å². The summed E-state index contributed by atoms with van der Waals surface area (Å²) in [6, 6.07) is 13.2. The van der Waals surface area contributed by atoms with Crippen molar-refractivity contribution in [2.24, 2.45) is 5.73 Å². The summed E-state index contributed by atoms with van der Waals surface area (Å²) in [6.45, 7) is 5.87. The van der Waals surface area contributed by atoms with E-state index in [1.807, 2.05) is 61.6 Å². The molecule has 0 fully saturated rings. The minimum Gasteiger partial charge on any atom is -0.369 e. The van der Waals surface area contributed by atoms with Gasteiger partial charge in [-0.2, -0.15) is 0 Å². The van der Waals surface area contributed by atoms with Crippen molar-refractivity contribution in [3.05, 3.63) is 63.9 Å². The second-order valence-electron chi connectivity index (χ2n) is 6.98. The van der Waals surface area contributed by atoms with Gasteiger partial charge in [0.05, 0.1) is 21.8 Å². The molecule has 148 valence electrons. The first-order chi connectivity index (χ1) is 13.9. The Bertz CT molecular complexity index is 1310. The number of hydrogen-bond acceptors (Lipinski definition) is 5. The lowest BCUT2D eigenvalue weighted by molar-refractivity contribution is -0.117. The lowest BCUT2D eigenvalue weighted by Gasteiger charge is -2.14. The smallest absolute Gasteiger partial charge is 0.267 e. The van der Waals surface area contributed by atoms with Crippen molar-refractivity contribution < 1.29 is 4.79 Å². The van der Waals surface area contributed by atoms with Gasteiger partial charge in [-0.25, -0.2) is 4.57 Å². The fraction of sp³-hybridized carbons (Fsp3) is 0.238. The quantitative estimate of drug-likeness (QED) is 0.513. The van der Waals surface area contributed by atoms with E-state index in [0.717, 1.165) is 16.8 Å². The van der Waals surface area contributed by atoms with Gasteiger partial charge >= 0.3 is 0 Å². The maximum Gasteiger partial charge on any atom is 0.267 e. The zero-order valence-corrected chi connectivity index (χ0v) is 17.2. The molecule has 0 aliphatic heterocycles. The van der Waals surface area contributed by atoms with E-state index < -0.39 is 11.2 Å². The summed E-state index contributed by atoms with van der Waals surface area (Å²) in [6.07, 6.45) is 0.573. The van der Waals surface area contributed by atoms with E-state index in [9.17, 15) is 9.59 Å². The molecule has 4 rings (SSSR count). The van der Waals surface area contributed by atoms with Gasteiger partial charge in [0.15, 0.2) is 5.16 Å². The van der Waals surface area contributed by atoms with Crippen molar-refractivity contribution in [3.63, 3.8) is 0 Å². The van der Waals surface area contributed by atoms with Crippen molar-refractivity contribution in [3.8, 4) is 5.69 Å². The highest BCUT2D eigenvalue weighted by molar-refractivity contribution is 8.00. The van der Waals surface area contributed by atoms with E-state index in [-0.39, 0.29) is 5.56 Å². The number of amides is 1. The second kappa shape index (κ2) is 7.36. The van der Waals surface area contributed by atoms with Gasteiger partial charge in [0, 0.05) is 0 Å². The SMILES string of the molecule is CCC(Sc1nnc2n(-c3ccc(C)cc3C)c(=O)c3ccccc3n12)C(N)=O. The van der Waals surface area contributed by atoms with Crippen molar-refractivity contribution in [1.82, 2.24) is 19.2 Å². The van der Waals surface area contributed by atoms with Gasteiger partial charge in [-0.1, -0.05) is 48.5 Å². The van der Waals surface area contributed by atoms with E-state index in [1.165, 1.54) is 11.8 Å². The summed E-state index contributed by atoms with van der Waals surface area (Å²) in [5.41, 5.74) is 8.89. The number of carbonyl (C=O) groups excluding carboxylic acids is 1. The van der Waals surface area contributed by atoms with Crippen LogP contribution in [0.3, 0.4) is 0 Å². The van der Waals surface area contributed by atoms with E-state index in [2.05, 4.69) is 10.2 Å². The molecule has 1 amide bonds. The number of nitrogens with two attached hydrogens (primary N) is 1. The van der Waals surface area contributed by atoms with E-state index in [1.54, 1.807) is 10.6 Å². The lowest BCUT2D eigenvalue weighted by atomic mass is 10.1. The largest absolute Gasteiger partial charge is 0.369 e. The molecule has 4 aromatic rings. The fourth-order valence-electron chi connectivity index (χ4n) is 3.50. The topological polar surface area (TPSA) is 95.3 Å². The van der Waals surface area contributed by atoms with Gasteiger partial charge < -0.3 is 5.73 Å². The van der Waals surface area contributed by atoms with Crippen LogP contribution in [-0.2, 0) is 4.79 Å². The van der Waals surface area contributed by atoms with E-state index in [4.69, 9.17) is 5.73 Å². The Morgan fingerprint density at radius 3 is 2.62 bits per heavy atom. The number of carbonyl (C=O) groups is 1. The highest BCUT2D eigenvalue weighted by Gasteiger charge is 2.22. The third-order valence-corrected chi connectivity index (χ3v) is 6.25. The van der Waals surface area contributed by atoms with Crippen molar-refractivity contribution >= 4 is 34.3 Å². The maximum absolute atomic E-state index is 13.4. The minimum absolute atomic E-state index is 0.161. The number of rotatable bonds is 5. The Morgan fingerprint density at radius 2 is 1.93 bits per heavy atom. The molecule has 29 heavy (non-hydrogen) atoms. The number of benzene rings is 2. The molecule has 2 aromatic heterocycles. The number of nitrogens with zero attached hydrogens (tertiary/aromatic N) is 4. The molecule has 0 aliphatic carbocycles. The van der Waals surface area contributed by atoms with Crippen LogP contribution in [0.15, 0.2) is 52.4 Å². The standard InChI is InChI=1S/C21H21N5O2S/c1-4-17(18(22)27)29-21-24-23-20-25(15-10-9-12(2)11-13(15)3)19(28)14-7-5-6-8-16(14)26(20)21/h5-11,17H,4H2,1-3H3,(H2,22,27). The molecule has 0 saturated carbocycles. The van der Waals surface area contributed by atoms with Crippen LogP contribution in [-0.4, -0.2) is 30.3 Å². The summed E-state index contributed by atoms with van der Waals surface area (Å²) < 4.78 is 3.41. The van der Waals surface area contributed by atoms with Gasteiger partial charge in [0.1, 0.15) is 0 Å². The van der Waals surface area contributed by atoms with E-state index >= 15 is 0 Å². The molecule has 2 heterocycles. The minimum atomic E-state index is -0.428. The van der Waals surface area contributed by atoms with Crippen LogP contribution in [0.25, 0.3) is 22.4 Å². The monoisotopic (exact) mass is 407 g/mol. The molecule has 2 N–H and O–H groups in total. The second-order valence-corrected chi connectivity index (χ2v) is 8.15. The van der Waals surface area contributed by atoms with Crippen molar-refractivity contribution in [2.45, 2.75) is 37.6 Å². The first kappa shape index (κ1) is 19.2. The van der Waals surface area contributed by atoms with Crippen LogP contribution < -0.4 is 11.3 Å². The summed E-state index contributed by atoms with van der Waals surface area (Å²) >= 11 is 1.26. The van der Waals surface area contributed by atoms with Gasteiger partial charge in [0.25, 0.3) is 5.56 Å². The summed E-state index contributed by atoms with van der Waals surface area (Å²) in [7, 11) is 0. The summed E-state index contributed by atoms with van der Waals surface area (Å²) in [5.74, 6) is 0.00346. The van der Waals surface area contributed by atoms with Gasteiger partial charge in [-0.3, -0.25) is 14.0 Å². The van der Waals surface area contributed by atoms with Crippen LogP contribution in [0.2, 0.25) is 0 Å². The van der Waals surface area contributed by atoms with Crippen molar-refractivity contribution in [2.75, 3.05) is 0 Å². The number of thioether (sulfide) groups is 1. The molecule has 1 atom stereocenters. The average molecular weight is 407 g/mol. The predicted octanol–water partition coefficient (Wildman–Crippen LogP) is 3.01. The molecular weight excluding hydrogens is 386 g/mol. The molecular formula is C21H21N5O2S. The third-order valence-electron chi connectivity index (χ3n) is 4.92. The normalized spacial score (nSPS) is 12.5. The highest BCUT2D eigenvalue weighted by atomic mass is 32.2. The number of fused-ring (bicyclic) bond motifs is 3. The average Bonchev–Trinajstić information content (AvgIpc) is 3.11. The number of aromatic nitrogens is 4. The third kappa shape index (κ3) is 3.19. The number of aryl methyl sites for hydroxylation is 2. The number of primary amides is 1. The summed E-state index contributed by atoms with van der Waals surface area (Å²) in [5, 5.41) is 9.27. The Labute approximate surface area is 171 Å². The molecule has 1 unspecified atom stereocenters. The van der Waals surface area contributed by atoms with Gasteiger partial charge in [-0.05, 0) is 44.0 Å². The molecule has 0 saturated heterocycles. The summed E-state index contributed by atoms with van der Waals surface area (Å²) in [4.78, 5) is 25.1. The number of para-hydroxylation sites is 1. The Balaban J connectivity index is 2.08. The first-order valence-electron chi connectivity index (χ1n) is 9.35. The van der Waals surface area contributed by atoms with Crippen LogP contribution in [0.5, 0.6) is 0 Å².